The summed E-state index contributed by atoms with van der Waals surface area (Å²) < 4.78 is 0. The van der Waals surface area contributed by atoms with Gasteiger partial charge in [-0.1, -0.05) is 84.9 Å². The summed E-state index contributed by atoms with van der Waals surface area (Å²) in [6.45, 7) is 0. The first kappa shape index (κ1) is 18.0. The van der Waals surface area contributed by atoms with Gasteiger partial charge in [-0.2, -0.15) is 0 Å². The molecule has 6 heteroatoms. The Morgan fingerprint density at radius 2 is 1.32 bits per heavy atom. The summed E-state index contributed by atoms with van der Waals surface area (Å²) >= 11 is 1.23. The number of rotatable bonds is 2. The Hall–Kier alpha value is -3.77. The summed E-state index contributed by atoms with van der Waals surface area (Å²) in [6.07, 6.45) is 0. The molecule has 1 aliphatic carbocycles. The van der Waals surface area contributed by atoms with Gasteiger partial charge in [-0.05, 0) is 17.3 Å². The first-order valence-corrected chi connectivity index (χ1v) is 10.7. The number of benzene rings is 3. The van der Waals surface area contributed by atoms with Gasteiger partial charge in [0.2, 0.25) is 11.6 Å². The lowest BCUT2D eigenvalue weighted by Gasteiger charge is -2.34. The minimum Gasteiger partial charge on any atom is -0.301 e. The van der Waals surface area contributed by atoms with Crippen LogP contribution < -0.4 is 0 Å². The molecule has 148 valence electrons. The van der Waals surface area contributed by atoms with Crippen LogP contribution >= 0.6 is 11.8 Å². The molecule has 31 heavy (non-hydrogen) atoms. The molecule has 0 fully saturated rings. The number of hydrogen-bond acceptors (Lipinski definition) is 6. The highest BCUT2D eigenvalue weighted by Crippen LogP contribution is 2.47. The van der Waals surface area contributed by atoms with Gasteiger partial charge in [0.15, 0.2) is 5.17 Å². The van der Waals surface area contributed by atoms with E-state index in [0.717, 1.165) is 16.8 Å². The predicted molar refractivity (Wildman–Crippen MR) is 121 cm³/mol. The van der Waals surface area contributed by atoms with Crippen LogP contribution in [0, 0.1) is 0 Å². The third-order valence-corrected chi connectivity index (χ3v) is 6.68. The Morgan fingerprint density at radius 1 is 0.710 bits per heavy atom. The van der Waals surface area contributed by atoms with Gasteiger partial charge in [0.1, 0.15) is 11.7 Å². The third kappa shape index (κ3) is 2.65. The van der Waals surface area contributed by atoms with Crippen molar-refractivity contribution in [2.24, 2.45) is 10.2 Å². The van der Waals surface area contributed by atoms with Crippen molar-refractivity contribution in [2.75, 3.05) is 0 Å². The summed E-state index contributed by atoms with van der Waals surface area (Å²) in [5.74, 6) is -0.293. The Kier molecular flexibility index (Phi) is 4.01. The van der Waals surface area contributed by atoms with E-state index in [1.807, 2.05) is 65.6 Å². The summed E-state index contributed by atoms with van der Waals surface area (Å²) in [5.41, 5.74) is 3.91. The van der Waals surface area contributed by atoms with Crippen molar-refractivity contribution < 1.29 is 9.59 Å². The standard InChI is InChI=1S/C25H15N3O2S/c29-22-17-13-7-8-14-18(17)23(30)24-21(22)28-20(16-11-5-2-6-12-16)19(26-27-25(28)31-24)15-9-3-1-4-10-15/h1-14,20H/t20-/m0/s1. The van der Waals surface area contributed by atoms with Gasteiger partial charge in [0.25, 0.3) is 0 Å². The molecule has 1 atom stereocenters. The average molecular weight is 421 g/mol. The molecule has 0 N–H and O–H groups in total. The van der Waals surface area contributed by atoms with E-state index in [1.165, 1.54) is 11.8 Å². The fourth-order valence-corrected chi connectivity index (χ4v) is 5.29. The Labute approximate surface area is 182 Å². The molecular weight excluding hydrogens is 406 g/mol. The van der Waals surface area contributed by atoms with Crippen LogP contribution in [0.25, 0.3) is 0 Å². The van der Waals surface area contributed by atoms with E-state index in [1.54, 1.807) is 24.3 Å². The van der Waals surface area contributed by atoms with E-state index >= 15 is 0 Å². The normalized spacial score (nSPS) is 19.5. The van der Waals surface area contributed by atoms with Crippen LogP contribution in [-0.4, -0.2) is 27.3 Å². The maximum absolute atomic E-state index is 13.6. The summed E-state index contributed by atoms with van der Waals surface area (Å²) in [6, 6.07) is 26.4. The highest BCUT2D eigenvalue weighted by atomic mass is 32.2. The van der Waals surface area contributed by atoms with Crippen molar-refractivity contribution in [2.45, 2.75) is 6.04 Å². The van der Waals surface area contributed by atoms with Crippen LogP contribution in [0.2, 0.25) is 0 Å². The van der Waals surface area contributed by atoms with E-state index in [0.29, 0.717) is 26.9 Å². The lowest BCUT2D eigenvalue weighted by atomic mass is 9.89. The van der Waals surface area contributed by atoms with Crippen molar-refractivity contribution in [3.8, 4) is 0 Å². The number of thioether (sulfide) groups is 1. The van der Waals surface area contributed by atoms with Gasteiger partial charge in [-0.25, -0.2) is 0 Å². The van der Waals surface area contributed by atoms with E-state index in [2.05, 4.69) is 10.2 Å². The molecule has 3 aromatic rings. The molecular formula is C25H15N3O2S. The third-order valence-electron chi connectivity index (χ3n) is 5.64. The zero-order valence-electron chi connectivity index (χ0n) is 16.2. The van der Waals surface area contributed by atoms with Crippen molar-refractivity contribution in [1.82, 2.24) is 4.90 Å². The van der Waals surface area contributed by atoms with Crippen molar-refractivity contribution in [3.63, 3.8) is 0 Å². The van der Waals surface area contributed by atoms with Gasteiger partial charge in [0, 0.05) is 16.7 Å². The fourth-order valence-electron chi connectivity index (χ4n) is 4.24. The molecule has 0 spiro atoms. The number of carbonyl (C=O) groups is 2. The number of Topliss-reactive ketones (excluding diaryl/α,β-unsaturated/α-hetero) is 2. The van der Waals surface area contributed by atoms with Gasteiger partial charge in [-0.15, -0.1) is 10.2 Å². The monoisotopic (exact) mass is 421 g/mol. The van der Waals surface area contributed by atoms with Crippen LogP contribution in [0.1, 0.15) is 37.9 Å². The minimum atomic E-state index is -0.363. The molecule has 5 nitrogen and oxygen atoms in total. The van der Waals surface area contributed by atoms with Crippen molar-refractivity contribution in [3.05, 3.63) is 118 Å². The quantitative estimate of drug-likeness (QED) is 0.594. The van der Waals surface area contributed by atoms with Crippen LogP contribution in [0.5, 0.6) is 0 Å². The summed E-state index contributed by atoms with van der Waals surface area (Å²) in [4.78, 5) is 29.1. The molecule has 3 aliphatic rings. The first-order valence-electron chi connectivity index (χ1n) is 9.90. The second-order valence-corrected chi connectivity index (χ2v) is 8.38. The average Bonchev–Trinajstić information content (AvgIpc) is 3.23. The number of amidine groups is 1. The van der Waals surface area contributed by atoms with Crippen LogP contribution in [-0.2, 0) is 0 Å². The molecule has 6 rings (SSSR count). The van der Waals surface area contributed by atoms with Crippen molar-refractivity contribution >= 4 is 34.2 Å². The Balaban J connectivity index is 1.56. The summed E-state index contributed by atoms with van der Waals surface area (Å²) in [7, 11) is 0. The molecule has 0 aromatic heterocycles. The SMILES string of the molecule is O=C1C2=C(C(=O)c3ccccc31)N1C(=NN=C(c3ccccc3)[C@@H]1c1ccccc1)S2. The molecule has 3 aromatic carbocycles. The lowest BCUT2D eigenvalue weighted by molar-refractivity contribution is 0.0961. The topological polar surface area (TPSA) is 62.1 Å². The zero-order chi connectivity index (χ0) is 20.9. The predicted octanol–water partition coefficient (Wildman–Crippen LogP) is 4.84. The number of allylic oxidation sites excluding steroid dienone is 2. The fraction of sp³-hybridized carbons (Fsp3) is 0.0400. The maximum Gasteiger partial charge on any atom is 0.211 e. The van der Waals surface area contributed by atoms with Gasteiger partial charge in [-0.3, -0.25) is 9.59 Å². The molecule has 0 bridgehead atoms. The van der Waals surface area contributed by atoms with Crippen molar-refractivity contribution in [1.29, 1.82) is 0 Å². The summed E-state index contributed by atoms with van der Waals surface area (Å²) in [5, 5.41) is 9.53. The molecule has 2 heterocycles. The number of fused-ring (bicyclic) bond motifs is 3. The second-order valence-electron chi connectivity index (χ2n) is 7.40. The second kappa shape index (κ2) is 6.89. The molecule has 0 radical (unpaired) electrons. The maximum atomic E-state index is 13.6. The molecule has 0 saturated heterocycles. The number of ketones is 2. The van der Waals surface area contributed by atoms with Crippen LogP contribution in [0.15, 0.2) is 106 Å². The van der Waals surface area contributed by atoms with Crippen LogP contribution in [0.3, 0.4) is 0 Å². The van der Waals surface area contributed by atoms with E-state index in [4.69, 9.17) is 0 Å². The Bertz CT molecular complexity index is 1340. The first-order chi connectivity index (χ1) is 15.2. The molecule has 0 amide bonds. The van der Waals surface area contributed by atoms with Gasteiger partial charge < -0.3 is 4.90 Å². The van der Waals surface area contributed by atoms with E-state index in [9.17, 15) is 9.59 Å². The highest BCUT2D eigenvalue weighted by molar-refractivity contribution is 8.18. The smallest absolute Gasteiger partial charge is 0.211 e. The minimum absolute atomic E-state index is 0.139. The Morgan fingerprint density at radius 3 is 2.03 bits per heavy atom. The highest BCUT2D eigenvalue weighted by Gasteiger charge is 2.48. The number of nitrogens with zero attached hydrogens (tertiary/aromatic N) is 3. The largest absolute Gasteiger partial charge is 0.301 e. The van der Waals surface area contributed by atoms with E-state index < -0.39 is 0 Å². The molecule has 0 unspecified atom stereocenters. The van der Waals surface area contributed by atoms with E-state index in [-0.39, 0.29) is 17.6 Å². The number of carbonyl (C=O) groups excluding carboxylic acids is 2. The van der Waals surface area contributed by atoms with Gasteiger partial charge in [0.05, 0.1) is 10.6 Å². The van der Waals surface area contributed by atoms with Gasteiger partial charge >= 0.3 is 0 Å². The lowest BCUT2D eigenvalue weighted by Crippen LogP contribution is -2.40. The zero-order valence-corrected chi connectivity index (χ0v) is 17.0. The molecule has 2 aliphatic heterocycles. The van der Waals surface area contributed by atoms with Crippen LogP contribution in [0.4, 0.5) is 0 Å². The molecule has 0 saturated carbocycles. The number of hydrogen-bond donors (Lipinski definition) is 0.